The molecular formula is C14H20N2O. The Morgan fingerprint density at radius 2 is 2.06 bits per heavy atom. The third-order valence-corrected chi connectivity index (χ3v) is 3.72. The molecule has 1 aliphatic rings. The van der Waals surface area contributed by atoms with Gasteiger partial charge in [-0.2, -0.15) is 0 Å². The van der Waals surface area contributed by atoms with Crippen LogP contribution < -0.4 is 11.1 Å². The molecule has 0 heterocycles. The number of carbonyl (C=O) groups is 1. The van der Waals surface area contributed by atoms with Crippen molar-refractivity contribution in [2.45, 2.75) is 25.7 Å². The van der Waals surface area contributed by atoms with Crippen molar-refractivity contribution < 1.29 is 4.79 Å². The third-order valence-electron chi connectivity index (χ3n) is 3.72. The lowest BCUT2D eigenvalue weighted by atomic mass is 10.00. The SMILES string of the molecule is CC(C(=O)NCC1(CN)CC1)c1ccccc1. The highest BCUT2D eigenvalue weighted by atomic mass is 16.1. The van der Waals surface area contributed by atoms with E-state index in [9.17, 15) is 4.79 Å². The number of benzene rings is 1. The zero-order valence-corrected chi connectivity index (χ0v) is 10.3. The minimum absolute atomic E-state index is 0.0928. The molecule has 0 aliphatic heterocycles. The molecule has 1 aromatic carbocycles. The highest BCUT2D eigenvalue weighted by Crippen LogP contribution is 2.43. The van der Waals surface area contributed by atoms with Crippen molar-refractivity contribution >= 4 is 5.91 Å². The second-order valence-corrected chi connectivity index (χ2v) is 5.05. The summed E-state index contributed by atoms with van der Waals surface area (Å²) in [7, 11) is 0. The van der Waals surface area contributed by atoms with Gasteiger partial charge >= 0.3 is 0 Å². The van der Waals surface area contributed by atoms with E-state index in [-0.39, 0.29) is 17.2 Å². The molecule has 3 heteroatoms. The maximum Gasteiger partial charge on any atom is 0.227 e. The maximum absolute atomic E-state index is 12.0. The summed E-state index contributed by atoms with van der Waals surface area (Å²) in [5.74, 6) is 0.000648. The van der Waals surface area contributed by atoms with E-state index >= 15 is 0 Å². The molecule has 1 unspecified atom stereocenters. The van der Waals surface area contributed by atoms with Crippen molar-refractivity contribution in [1.29, 1.82) is 0 Å². The molecule has 0 radical (unpaired) electrons. The molecule has 0 aromatic heterocycles. The molecule has 92 valence electrons. The van der Waals surface area contributed by atoms with Crippen molar-refractivity contribution in [2.24, 2.45) is 11.1 Å². The van der Waals surface area contributed by atoms with Crippen molar-refractivity contribution in [1.82, 2.24) is 5.32 Å². The number of hydrogen-bond donors (Lipinski definition) is 2. The van der Waals surface area contributed by atoms with Crippen molar-refractivity contribution in [3.05, 3.63) is 35.9 Å². The summed E-state index contributed by atoms with van der Waals surface area (Å²) >= 11 is 0. The molecule has 3 nitrogen and oxygen atoms in total. The average molecular weight is 232 g/mol. The molecule has 1 amide bonds. The lowest BCUT2D eigenvalue weighted by Crippen LogP contribution is -2.36. The quantitative estimate of drug-likeness (QED) is 0.811. The Morgan fingerprint density at radius 3 is 2.59 bits per heavy atom. The van der Waals surface area contributed by atoms with E-state index in [1.807, 2.05) is 37.3 Å². The van der Waals surface area contributed by atoms with Gasteiger partial charge in [0.1, 0.15) is 0 Å². The van der Waals surface area contributed by atoms with Gasteiger partial charge in [0.15, 0.2) is 0 Å². The molecule has 1 aliphatic carbocycles. The second-order valence-electron chi connectivity index (χ2n) is 5.05. The van der Waals surface area contributed by atoms with Crippen LogP contribution >= 0.6 is 0 Å². The van der Waals surface area contributed by atoms with Crippen LogP contribution in [0.2, 0.25) is 0 Å². The molecule has 1 saturated carbocycles. The van der Waals surface area contributed by atoms with Crippen LogP contribution in [0.4, 0.5) is 0 Å². The van der Waals surface area contributed by atoms with Crippen LogP contribution in [-0.2, 0) is 4.79 Å². The number of nitrogens with two attached hydrogens (primary N) is 1. The topological polar surface area (TPSA) is 55.1 Å². The van der Waals surface area contributed by atoms with Crippen LogP contribution in [0.25, 0.3) is 0 Å². The van der Waals surface area contributed by atoms with Gasteiger partial charge in [0.2, 0.25) is 5.91 Å². The molecular weight excluding hydrogens is 212 g/mol. The molecule has 0 bridgehead atoms. The van der Waals surface area contributed by atoms with Gasteiger partial charge in [-0.15, -0.1) is 0 Å². The standard InChI is InChI=1S/C14H20N2O/c1-11(12-5-3-2-4-6-12)13(17)16-10-14(9-15)7-8-14/h2-6,11H,7-10,15H2,1H3,(H,16,17). The molecule has 1 aromatic rings. The Hall–Kier alpha value is -1.35. The second kappa shape index (κ2) is 4.88. The van der Waals surface area contributed by atoms with Crippen molar-refractivity contribution in [3.8, 4) is 0 Å². The largest absolute Gasteiger partial charge is 0.355 e. The molecule has 2 rings (SSSR count). The first kappa shape index (κ1) is 12.1. The van der Waals surface area contributed by atoms with Crippen LogP contribution in [0.3, 0.4) is 0 Å². The Kier molecular flexibility index (Phi) is 3.48. The van der Waals surface area contributed by atoms with Gasteiger partial charge in [0.25, 0.3) is 0 Å². The van der Waals surface area contributed by atoms with Gasteiger partial charge in [-0.1, -0.05) is 30.3 Å². The van der Waals surface area contributed by atoms with E-state index in [0.29, 0.717) is 6.54 Å². The van der Waals surface area contributed by atoms with Gasteiger partial charge in [-0.3, -0.25) is 4.79 Å². The minimum Gasteiger partial charge on any atom is -0.355 e. The molecule has 0 spiro atoms. The predicted molar refractivity (Wildman–Crippen MR) is 68.6 cm³/mol. The summed E-state index contributed by atoms with van der Waals surface area (Å²) in [6.45, 7) is 3.33. The molecule has 1 atom stereocenters. The lowest BCUT2D eigenvalue weighted by molar-refractivity contribution is -0.122. The molecule has 1 fully saturated rings. The predicted octanol–water partition coefficient (Wildman–Crippen LogP) is 1.65. The van der Waals surface area contributed by atoms with Gasteiger partial charge in [-0.25, -0.2) is 0 Å². The first-order chi connectivity index (χ1) is 8.17. The molecule has 0 saturated heterocycles. The minimum atomic E-state index is -0.0928. The van der Waals surface area contributed by atoms with E-state index in [2.05, 4.69) is 5.32 Å². The van der Waals surface area contributed by atoms with Crippen molar-refractivity contribution in [2.75, 3.05) is 13.1 Å². The normalized spacial score (nSPS) is 18.5. The summed E-state index contributed by atoms with van der Waals surface area (Å²) in [6.07, 6.45) is 2.28. The fourth-order valence-corrected chi connectivity index (χ4v) is 1.95. The fraction of sp³-hybridized carbons (Fsp3) is 0.500. The van der Waals surface area contributed by atoms with Gasteiger partial charge < -0.3 is 11.1 Å². The fourth-order valence-electron chi connectivity index (χ4n) is 1.95. The zero-order chi connectivity index (χ0) is 12.3. The Labute approximate surface area is 102 Å². The van der Waals surface area contributed by atoms with E-state index in [4.69, 9.17) is 5.73 Å². The lowest BCUT2D eigenvalue weighted by Gasteiger charge is -2.16. The molecule has 17 heavy (non-hydrogen) atoms. The van der Waals surface area contributed by atoms with Crippen LogP contribution in [0.5, 0.6) is 0 Å². The average Bonchev–Trinajstić information content (AvgIpc) is 3.17. The summed E-state index contributed by atoms with van der Waals surface area (Å²) in [5.41, 5.74) is 6.95. The monoisotopic (exact) mass is 232 g/mol. The highest BCUT2D eigenvalue weighted by molar-refractivity contribution is 5.83. The number of amides is 1. The third kappa shape index (κ3) is 2.86. The maximum atomic E-state index is 12.0. The summed E-state index contributed by atoms with van der Waals surface area (Å²) < 4.78 is 0. The highest BCUT2D eigenvalue weighted by Gasteiger charge is 2.41. The van der Waals surface area contributed by atoms with Crippen LogP contribution in [-0.4, -0.2) is 19.0 Å². The number of rotatable bonds is 5. The van der Waals surface area contributed by atoms with E-state index in [0.717, 1.165) is 24.9 Å². The Morgan fingerprint density at radius 1 is 1.41 bits per heavy atom. The van der Waals surface area contributed by atoms with Crippen LogP contribution in [0.1, 0.15) is 31.2 Å². The van der Waals surface area contributed by atoms with Crippen LogP contribution in [0.15, 0.2) is 30.3 Å². The summed E-state index contributed by atoms with van der Waals surface area (Å²) in [4.78, 5) is 12.0. The Balaban J connectivity index is 1.88. The first-order valence-corrected chi connectivity index (χ1v) is 6.20. The Bertz CT molecular complexity index is 384. The smallest absolute Gasteiger partial charge is 0.227 e. The summed E-state index contributed by atoms with van der Waals surface area (Å²) in [5, 5.41) is 3.02. The first-order valence-electron chi connectivity index (χ1n) is 6.20. The van der Waals surface area contributed by atoms with Gasteiger partial charge in [0.05, 0.1) is 5.92 Å². The number of hydrogen-bond acceptors (Lipinski definition) is 2. The zero-order valence-electron chi connectivity index (χ0n) is 10.3. The number of nitrogens with one attached hydrogen (secondary N) is 1. The number of carbonyl (C=O) groups excluding carboxylic acids is 1. The van der Waals surface area contributed by atoms with Gasteiger partial charge in [0, 0.05) is 6.54 Å². The van der Waals surface area contributed by atoms with Crippen molar-refractivity contribution in [3.63, 3.8) is 0 Å². The van der Waals surface area contributed by atoms with E-state index < -0.39 is 0 Å². The summed E-state index contributed by atoms with van der Waals surface area (Å²) in [6, 6.07) is 9.85. The van der Waals surface area contributed by atoms with E-state index in [1.54, 1.807) is 0 Å². The van der Waals surface area contributed by atoms with E-state index in [1.165, 1.54) is 0 Å². The van der Waals surface area contributed by atoms with Gasteiger partial charge in [-0.05, 0) is 37.3 Å². The molecule has 3 N–H and O–H groups in total. The van der Waals surface area contributed by atoms with Crippen LogP contribution in [0, 0.1) is 5.41 Å².